The number of nitrogens with zero attached hydrogens (tertiary/aromatic N) is 2. The van der Waals surface area contributed by atoms with E-state index in [0.717, 1.165) is 44.7 Å². The zero-order chi connectivity index (χ0) is 33.5. The SMILES string of the molecule is c1ccc(-n2c3ccccc3c3cc(N(c4ccc5ccc6c7ccccc7ccc6c5c4)c4cccc5c4oc4ccccc45)ccc32)cc1. The Labute approximate surface area is 293 Å². The molecule has 11 rings (SSSR count). The van der Waals surface area contributed by atoms with Crippen molar-refractivity contribution < 1.29 is 4.42 Å². The van der Waals surface area contributed by atoms with Gasteiger partial charge in [0, 0.05) is 38.6 Å². The van der Waals surface area contributed by atoms with E-state index in [1.165, 1.54) is 54.1 Å². The van der Waals surface area contributed by atoms with Gasteiger partial charge in [0.15, 0.2) is 5.58 Å². The van der Waals surface area contributed by atoms with Gasteiger partial charge in [-0.05, 0) is 93.0 Å². The summed E-state index contributed by atoms with van der Waals surface area (Å²) in [5.74, 6) is 0. The van der Waals surface area contributed by atoms with E-state index in [0.29, 0.717) is 0 Å². The lowest BCUT2D eigenvalue weighted by Gasteiger charge is -2.26. The zero-order valence-electron chi connectivity index (χ0n) is 27.6. The molecular weight excluding hydrogens is 621 g/mol. The molecule has 238 valence electrons. The van der Waals surface area contributed by atoms with Crippen molar-refractivity contribution in [3.8, 4) is 5.69 Å². The molecule has 0 saturated heterocycles. The van der Waals surface area contributed by atoms with E-state index >= 15 is 0 Å². The third-order valence-corrected chi connectivity index (χ3v) is 10.5. The Bertz CT molecular complexity index is 3150. The molecule has 0 radical (unpaired) electrons. The van der Waals surface area contributed by atoms with Crippen LogP contribution < -0.4 is 4.90 Å². The lowest BCUT2D eigenvalue weighted by atomic mass is 9.96. The molecule has 0 N–H and O–H groups in total. The Balaban J connectivity index is 1.21. The van der Waals surface area contributed by atoms with Crippen LogP contribution >= 0.6 is 0 Å². The summed E-state index contributed by atoms with van der Waals surface area (Å²) in [7, 11) is 0. The Hall–Kier alpha value is -6.84. The van der Waals surface area contributed by atoms with Gasteiger partial charge in [0.2, 0.25) is 0 Å². The molecular formula is C48H30N2O. The highest BCUT2D eigenvalue weighted by Crippen LogP contribution is 2.45. The number of para-hydroxylation sites is 4. The summed E-state index contributed by atoms with van der Waals surface area (Å²) < 4.78 is 9.05. The highest BCUT2D eigenvalue weighted by Gasteiger charge is 2.22. The van der Waals surface area contributed by atoms with Crippen LogP contribution in [0.4, 0.5) is 17.1 Å². The smallest absolute Gasteiger partial charge is 0.159 e. The number of hydrogen-bond donors (Lipinski definition) is 0. The second-order valence-corrected chi connectivity index (χ2v) is 13.3. The fourth-order valence-corrected chi connectivity index (χ4v) is 8.24. The van der Waals surface area contributed by atoms with Gasteiger partial charge in [0.25, 0.3) is 0 Å². The molecule has 0 bridgehead atoms. The van der Waals surface area contributed by atoms with Crippen molar-refractivity contribution in [2.75, 3.05) is 4.90 Å². The van der Waals surface area contributed by atoms with E-state index in [4.69, 9.17) is 4.42 Å². The van der Waals surface area contributed by atoms with Gasteiger partial charge >= 0.3 is 0 Å². The minimum Gasteiger partial charge on any atom is -0.454 e. The van der Waals surface area contributed by atoms with Crippen molar-refractivity contribution in [2.45, 2.75) is 0 Å². The molecule has 51 heavy (non-hydrogen) atoms. The molecule has 0 saturated carbocycles. The summed E-state index contributed by atoms with van der Waals surface area (Å²) in [6.07, 6.45) is 0. The Morgan fingerprint density at radius 1 is 0.373 bits per heavy atom. The van der Waals surface area contributed by atoms with Gasteiger partial charge in [-0.15, -0.1) is 0 Å². The quantitative estimate of drug-likeness (QED) is 0.177. The number of aromatic nitrogens is 1. The molecule has 0 atom stereocenters. The first-order valence-electron chi connectivity index (χ1n) is 17.4. The minimum atomic E-state index is 0.870. The van der Waals surface area contributed by atoms with Crippen molar-refractivity contribution in [2.24, 2.45) is 0 Å². The number of fused-ring (bicyclic) bond motifs is 11. The van der Waals surface area contributed by atoms with Crippen molar-refractivity contribution in [1.29, 1.82) is 0 Å². The predicted molar refractivity (Wildman–Crippen MR) is 215 cm³/mol. The Morgan fingerprint density at radius 2 is 0.980 bits per heavy atom. The van der Waals surface area contributed by atoms with Crippen LogP contribution in [0.15, 0.2) is 186 Å². The van der Waals surface area contributed by atoms with E-state index in [9.17, 15) is 0 Å². The number of furan rings is 1. The van der Waals surface area contributed by atoms with Gasteiger partial charge in [-0.3, -0.25) is 0 Å². The summed E-state index contributed by atoms with van der Waals surface area (Å²) in [5, 5.41) is 12.1. The summed E-state index contributed by atoms with van der Waals surface area (Å²) >= 11 is 0. The highest BCUT2D eigenvalue weighted by molar-refractivity contribution is 6.18. The molecule has 0 amide bonds. The maximum Gasteiger partial charge on any atom is 0.159 e. The molecule has 2 heterocycles. The average molecular weight is 651 g/mol. The first-order valence-corrected chi connectivity index (χ1v) is 17.4. The normalized spacial score (nSPS) is 11.9. The summed E-state index contributed by atoms with van der Waals surface area (Å²) in [6, 6.07) is 65.6. The lowest BCUT2D eigenvalue weighted by Crippen LogP contribution is -2.10. The van der Waals surface area contributed by atoms with Crippen molar-refractivity contribution >= 4 is 93.1 Å². The van der Waals surface area contributed by atoms with Crippen LogP contribution in [-0.2, 0) is 0 Å². The molecule has 2 aromatic heterocycles. The monoisotopic (exact) mass is 650 g/mol. The maximum absolute atomic E-state index is 6.69. The highest BCUT2D eigenvalue weighted by atomic mass is 16.3. The molecule has 11 aromatic rings. The van der Waals surface area contributed by atoms with Crippen LogP contribution in [0, 0.1) is 0 Å². The van der Waals surface area contributed by atoms with Crippen LogP contribution in [0.1, 0.15) is 0 Å². The fourth-order valence-electron chi connectivity index (χ4n) is 8.24. The zero-order valence-corrected chi connectivity index (χ0v) is 27.6. The third-order valence-electron chi connectivity index (χ3n) is 10.5. The predicted octanol–water partition coefficient (Wildman–Crippen LogP) is 13.6. The second-order valence-electron chi connectivity index (χ2n) is 13.3. The molecule has 3 heteroatoms. The molecule has 0 aliphatic carbocycles. The van der Waals surface area contributed by atoms with E-state index in [1.807, 2.05) is 6.07 Å². The molecule has 3 nitrogen and oxygen atoms in total. The van der Waals surface area contributed by atoms with Crippen molar-refractivity contribution in [3.05, 3.63) is 182 Å². The first kappa shape index (κ1) is 28.0. The van der Waals surface area contributed by atoms with E-state index in [2.05, 4.69) is 185 Å². The molecule has 0 fully saturated rings. The topological polar surface area (TPSA) is 21.3 Å². The largest absolute Gasteiger partial charge is 0.454 e. The van der Waals surface area contributed by atoms with Gasteiger partial charge in [-0.1, -0.05) is 121 Å². The molecule has 0 aliphatic rings. The summed E-state index contributed by atoms with van der Waals surface area (Å²) in [6.45, 7) is 0. The Kier molecular flexibility index (Phi) is 5.96. The Morgan fingerprint density at radius 3 is 1.84 bits per heavy atom. The lowest BCUT2D eigenvalue weighted by molar-refractivity contribution is 0.669. The number of benzene rings is 9. The molecule has 0 spiro atoms. The maximum atomic E-state index is 6.69. The second kappa shape index (κ2) is 10.8. The minimum absolute atomic E-state index is 0.870. The van der Waals surface area contributed by atoms with Crippen LogP contribution in [0.5, 0.6) is 0 Å². The van der Waals surface area contributed by atoms with E-state index in [1.54, 1.807) is 0 Å². The standard InChI is InChI=1S/C48H30N2O/c1-2-12-33(13-3-1)50-44-18-8-6-15-39(44)43-30-35(25-28-45(43)50)49(46-19-10-17-41-40-16-7-9-20-47(40)51-48(41)46)34-24-21-32-23-26-37-36-14-5-4-11-31(36)22-27-38(37)42(32)29-34/h1-30H. The van der Waals surface area contributed by atoms with E-state index in [-0.39, 0.29) is 0 Å². The molecule has 0 aliphatic heterocycles. The van der Waals surface area contributed by atoms with Gasteiger partial charge in [-0.2, -0.15) is 0 Å². The van der Waals surface area contributed by atoms with Gasteiger partial charge in [0.1, 0.15) is 5.58 Å². The van der Waals surface area contributed by atoms with Crippen LogP contribution in [0.25, 0.3) is 81.7 Å². The number of hydrogen-bond acceptors (Lipinski definition) is 2. The number of anilines is 3. The first-order chi connectivity index (χ1) is 25.3. The van der Waals surface area contributed by atoms with Gasteiger partial charge < -0.3 is 13.9 Å². The van der Waals surface area contributed by atoms with Crippen LogP contribution in [0.2, 0.25) is 0 Å². The van der Waals surface area contributed by atoms with Crippen LogP contribution in [-0.4, -0.2) is 4.57 Å². The summed E-state index contributed by atoms with van der Waals surface area (Å²) in [4.78, 5) is 2.37. The van der Waals surface area contributed by atoms with E-state index < -0.39 is 0 Å². The number of rotatable bonds is 4. The van der Waals surface area contributed by atoms with Crippen molar-refractivity contribution in [3.63, 3.8) is 0 Å². The molecule has 0 unspecified atom stereocenters. The third kappa shape index (κ3) is 4.19. The van der Waals surface area contributed by atoms with Crippen LogP contribution in [0.3, 0.4) is 0 Å². The average Bonchev–Trinajstić information content (AvgIpc) is 3.74. The summed E-state index contributed by atoms with van der Waals surface area (Å²) in [5.41, 5.74) is 8.40. The molecule has 9 aromatic carbocycles. The van der Waals surface area contributed by atoms with Gasteiger partial charge in [-0.25, -0.2) is 0 Å². The van der Waals surface area contributed by atoms with Gasteiger partial charge in [0.05, 0.1) is 16.7 Å². The fraction of sp³-hybridized carbons (Fsp3) is 0. The van der Waals surface area contributed by atoms with Crippen molar-refractivity contribution in [1.82, 2.24) is 4.57 Å².